The van der Waals surface area contributed by atoms with Gasteiger partial charge in [0.25, 0.3) is 5.91 Å². The van der Waals surface area contributed by atoms with Crippen molar-refractivity contribution in [2.45, 2.75) is 39.0 Å². The summed E-state index contributed by atoms with van der Waals surface area (Å²) in [5, 5.41) is 4.12. The molecule has 4 nitrogen and oxygen atoms in total. The Kier molecular flexibility index (Phi) is 3.87. The SMILES string of the molecule is Cc1[nH]ccc1C(=O)NCCc1nc2c(s1)CCCC2. The van der Waals surface area contributed by atoms with Crippen LogP contribution in [0.4, 0.5) is 0 Å². The van der Waals surface area contributed by atoms with Crippen molar-refractivity contribution in [3.8, 4) is 0 Å². The van der Waals surface area contributed by atoms with Gasteiger partial charge in [-0.15, -0.1) is 11.3 Å². The second-order valence-corrected chi connectivity index (χ2v) is 6.38. The number of carbonyl (C=O) groups excluding carboxylic acids is 1. The monoisotopic (exact) mass is 289 g/mol. The average Bonchev–Trinajstić information content (AvgIpc) is 3.04. The molecule has 0 aromatic carbocycles. The van der Waals surface area contributed by atoms with E-state index in [0.29, 0.717) is 6.54 Å². The van der Waals surface area contributed by atoms with Crippen LogP contribution in [-0.2, 0) is 19.3 Å². The molecule has 0 fully saturated rings. The van der Waals surface area contributed by atoms with E-state index in [4.69, 9.17) is 0 Å². The van der Waals surface area contributed by atoms with Gasteiger partial charge in [-0.25, -0.2) is 4.98 Å². The molecule has 1 aliphatic rings. The molecule has 0 spiro atoms. The third-order valence-electron chi connectivity index (χ3n) is 3.71. The maximum absolute atomic E-state index is 12.0. The van der Waals surface area contributed by atoms with E-state index in [-0.39, 0.29) is 5.91 Å². The Morgan fingerprint density at radius 2 is 2.30 bits per heavy atom. The zero-order valence-electron chi connectivity index (χ0n) is 11.7. The molecule has 106 valence electrons. The van der Waals surface area contributed by atoms with Gasteiger partial charge in [0.2, 0.25) is 0 Å². The van der Waals surface area contributed by atoms with Crippen molar-refractivity contribution in [2.24, 2.45) is 0 Å². The molecular weight excluding hydrogens is 270 g/mol. The average molecular weight is 289 g/mol. The highest BCUT2D eigenvalue weighted by molar-refractivity contribution is 7.11. The lowest BCUT2D eigenvalue weighted by molar-refractivity contribution is 0.0953. The van der Waals surface area contributed by atoms with Gasteiger partial charge in [-0.2, -0.15) is 0 Å². The Balaban J connectivity index is 1.54. The third kappa shape index (κ3) is 2.77. The lowest BCUT2D eigenvalue weighted by atomic mass is 10.0. The number of amides is 1. The summed E-state index contributed by atoms with van der Waals surface area (Å²) in [5.41, 5.74) is 2.93. The van der Waals surface area contributed by atoms with E-state index >= 15 is 0 Å². The van der Waals surface area contributed by atoms with Crippen LogP contribution >= 0.6 is 11.3 Å². The van der Waals surface area contributed by atoms with Crippen LogP contribution in [0.25, 0.3) is 0 Å². The van der Waals surface area contributed by atoms with E-state index in [1.54, 1.807) is 6.20 Å². The summed E-state index contributed by atoms with van der Waals surface area (Å²) in [7, 11) is 0. The topological polar surface area (TPSA) is 57.8 Å². The zero-order chi connectivity index (χ0) is 13.9. The molecule has 0 bridgehead atoms. The first kappa shape index (κ1) is 13.4. The first-order valence-corrected chi connectivity index (χ1v) is 7.95. The van der Waals surface area contributed by atoms with Gasteiger partial charge in [0, 0.05) is 29.7 Å². The second-order valence-electron chi connectivity index (χ2n) is 5.21. The molecule has 2 heterocycles. The molecule has 0 atom stereocenters. The zero-order valence-corrected chi connectivity index (χ0v) is 12.5. The van der Waals surface area contributed by atoms with Crippen LogP contribution in [0, 0.1) is 6.92 Å². The molecule has 0 aliphatic heterocycles. The highest BCUT2D eigenvalue weighted by Crippen LogP contribution is 2.26. The number of thiazole rings is 1. The molecule has 5 heteroatoms. The van der Waals surface area contributed by atoms with Crippen LogP contribution in [0.3, 0.4) is 0 Å². The fourth-order valence-corrected chi connectivity index (χ4v) is 3.75. The maximum Gasteiger partial charge on any atom is 0.253 e. The summed E-state index contributed by atoms with van der Waals surface area (Å²) in [5.74, 6) is -0.00919. The lowest BCUT2D eigenvalue weighted by Crippen LogP contribution is -2.25. The van der Waals surface area contributed by atoms with Gasteiger partial charge in [0.1, 0.15) is 0 Å². The van der Waals surface area contributed by atoms with Crippen molar-refractivity contribution in [1.82, 2.24) is 15.3 Å². The van der Waals surface area contributed by atoms with Crippen LogP contribution in [-0.4, -0.2) is 22.4 Å². The number of nitrogens with zero attached hydrogens (tertiary/aromatic N) is 1. The fraction of sp³-hybridized carbons (Fsp3) is 0.467. The number of nitrogens with one attached hydrogen (secondary N) is 2. The standard InChI is InChI=1S/C15H19N3OS/c1-10-11(6-8-16-10)15(19)17-9-7-14-18-12-4-2-3-5-13(12)20-14/h6,8,16H,2-5,7,9H2,1H3,(H,17,19). The normalized spacial score (nSPS) is 14.1. The summed E-state index contributed by atoms with van der Waals surface area (Å²) in [6.07, 6.45) is 7.48. The number of hydrogen-bond acceptors (Lipinski definition) is 3. The molecule has 3 rings (SSSR count). The Labute approximate surface area is 122 Å². The number of fused-ring (bicyclic) bond motifs is 1. The van der Waals surface area contributed by atoms with Crippen LogP contribution in [0.5, 0.6) is 0 Å². The minimum absolute atomic E-state index is 0.00919. The number of rotatable bonds is 4. The van der Waals surface area contributed by atoms with Crippen molar-refractivity contribution in [1.29, 1.82) is 0 Å². The molecule has 1 aliphatic carbocycles. The van der Waals surface area contributed by atoms with Gasteiger partial charge >= 0.3 is 0 Å². The largest absolute Gasteiger partial charge is 0.365 e. The van der Waals surface area contributed by atoms with Crippen molar-refractivity contribution < 1.29 is 4.79 Å². The first-order chi connectivity index (χ1) is 9.74. The minimum atomic E-state index is -0.00919. The quantitative estimate of drug-likeness (QED) is 0.909. The van der Waals surface area contributed by atoms with Gasteiger partial charge in [0.15, 0.2) is 0 Å². The number of carbonyl (C=O) groups is 1. The Morgan fingerprint density at radius 1 is 1.45 bits per heavy atom. The van der Waals surface area contributed by atoms with E-state index in [1.807, 2.05) is 24.3 Å². The third-order valence-corrected chi connectivity index (χ3v) is 4.93. The number of aryl methyl sites for hydroxylation is 3. The van der Waals surface area contributed by atoms with Gasteiger partial charge < -0.3 is 10.3 Å². The molecule has 2 N–H and O–H groups in total. The van der Waals surface area contributed by atoms with Crippen molar-refractivity contribution >= 4 is 17.2 Å². The second kappa shape index (κ2) is 5.79. The highest BCUT2D eigenvalue weighted by atomic mass is 32.1. The van der Waals surface area contributed by atoms with E-state index in [2.05, 4.69) is 15.3 Å². The number of aromatic amines is 1. The number of hydrogen-bond donors (Lipinski definition) is 2. The Hall–Kier alpha value is -1.62. The predicted octanol–water partition coefficient (Wildman–Crippen LogP) is 2.63. The molecule has 1 amide bonds. The van der Waals surface area contributed by atoms with E-state index in [9.17, 15) is 4.79 Å². The van der Waals surface area contributed by atoms with Crippen molar-refractivity contribution in [3.63, 3.8) is 0 Å². The van der Waals surface area contributed by atoms with Gasteiger partial charge in [0.05, 0.1) is 16.3 Å². The smallest absolute Gasteiger partial charge is 0.253 e. The summed E-state index contributed by atoms with van der Waals surface area (Å²) in [6.45, 7) is 2.56. The Morgan fingerprint density at radius 3 is 3.05 bits per heavy atom. The van der Waals surface area contributed by atoms with Crippen LogP contribution in [0.15, 0.2) is 12.3 Å². The van der Waals surface area contributed by atoms with Crippen LogP contribution < -0.4 is 5.32 Å². The van der Waals surface area contributed by atoms with Gasteiger partial charge in [-0.1, -0.05) is 0 Å². The molecule has 0 saturated heterocycles. The first-order valence-electron chi connectivity index (χ1n) is 7.13. The maximum atomic E-state index is 12.0. The molecule has 0 radical (unpaired) electrons. The minimum Gasteiger partial charge on any atom is -0.365 e. The van der Waals surface area contributed by atoms with E-state index in [1.165, 1.54) is 29.8 Å². The highest BCUT2D eigenvalue weighted by Gasteiger charge is 2.15. The van der Waals surface area contributed by atoms with Crippen molar-refractivity contribution in [2.75, 3.05) is 6.54 Å². The van der Waals surface area contributed by atoms with Crippen molar-refractivity contribution in [3.05, 3.63) is 39.1 Å². The summed E-state index contributed by atoms with van der Waals surface area (Å²) in [6, 6.07) is 1.81. The van der Waals surface area contributed by atoms with Gasteiger partial charge in [-0.3, -0.25) is 4.79 Å². The number of aromatic nitrogens is 2. The fourth-order valence-electron chi connectivity index (χ4n) is 2.59. The van der Waals surface area contributed by atoms with E-state index < -0.39 is 0 Å². The van der Waals surface area contributed by atoms with Crippen LogP contribution in [0.1, 0.15) is 44.5 Å². The molecular formula is C15H19N3OS. The molecule has 2 aromatic heterocycles. The lowest BCUT2D eigenvalue weighted by Gasteiger charge is -2.06. The summed E-state index contributed by atoms with van der Waals surface area (Å²) >= 11 is 1.82. The summed E-state index contributed by atoms with van der Waals surface area (Å²) < 4.78 is 0. The predicted molar refractivity (Wildman–Crippen MR) is 80.3 cm³/mol. The molecule has 20 heavy (non-hydrogen) atoms. The summed E-state index contributed by atoms with van der Waals surface area (Å²) in [4.78, 5) is 21.1. The molecule has 2 aromatic rings. The number of H-pyrrole nitrogens is 1. The van der Waals surface area contributed by atoms with Crippen LogP contribution in [0.2, 0.25) is 0 Å². The Bertz CT molecular complexity index is 591. The van der Waals surface area contributed by atoms with E-state index in [0.717, 1.165) is 29.1 Å². The molecule has 0 unspecified atom stereocenters. The molecule has 0 saturated carbocycles. The van der Waals surface area contributed by atoms with Gasteiger partial charge in [-0.05, 0) is 38.7 Å².